The van der Waals surface area contributed by atoms with Crippen molar-refractivity contribution in [2.75, 3.05) is 18.0 Å². The highest BCUT2D eigenvalue weighted by Crippen LogP contribution is 2.31. The Bertz CT molecular complexity index is 741. The summed E-state index contributed by atoms with van der Waals surface area (Å²) in [5.74, 6) is 1.75. The Morgan fingerprint density at radius 1 is 1.19 bits per heavy atom. The van der Waals surface area contributed by atoms with E-state index < -0.39 is 0 Å². The molecule has 0 unspecified atom stereocenters. The Kier molecular flexibility index (Phi) is 3.11. The fraction of sp³-hybridized carbons (Fsp3) is 0.400. The second-order valence-corrected chi connectivity index (χ2v) is 6.42. The van der Waals surface area contributed by atoms with Crippen molar-refractivity contribution in [3.8, 4) is 0 Å². The molecule has 5 nitrogen and oxygen atoms in total. The van der Waals surface area contributed by atoms with Crippen molar-refractivity contribution < 1.29 is 0 Å². The Morgan fingerprint density at radius 2 is 2.05 bits per heavy atom. The van der Waals surface area contributed by atoms with Crippen molar-refractivity contribution in [2.24, 2.45) is 0 Å². The van der Waals surface area contributed by atoms with Crippen LogP contribution in [0.4, 0.5) is 5.82 Å². The first-order valence-electron chi connectivity index (χ1n) is 7.27. The molecule has 4 rings (SSSR count). The minimum atomic E-state index is 0.609. The third kappa shape index (κ3) is 2.29. The van der Waals surface area contributed by atoms with Crippen LogP contribution in [0.3, 0.4) is 0 Å². The molecule has 1 saturated heterocycles. The molecular weight excluding hydrogens is 282 g/mol. The molecule has 0 N–H and O–H groups in total. The maximum Gasteiger partial charge on any atom is 0.157 e. The largest absolute Gasteiger partial charge is 0.356 e. The number of rotatable bonds is 2. The first-order chi connectivity index (χ1) is 10.3. The van der Waals surface area contributed by atoms with Crippen LogP contribution in [0.15, 0.2) is 29.9 Å². The van der Waals surface area contributed by atoms with Gasteiger partial charge in [0.05, 0.1) is 10.7 Å². The maximum absolute atomic E-state index is 4.56. The van der Waals surface area contributed by atoms with Crippen LogP contribution in [0.25, 0.3) is 5.65 Å². The van der Waals surface area contributed by atoms with Gasteiger partial charge in [-0.2, -0.15) is 9.61 Å². The van der Waals surface area contributed by atoms with Crippen molar-refractivity contribution in [1.82, 2.24) is 19.6 Å². The lowest BCUT2D eigenvalue weighted by molar-refractivity contribution is 0.498. The maximum atomic E-state index is 4.56. The van der Waals surface area contributed by atoms with Gasteiger partial charge >= 0.3 is 0 Å². The van der Waals surface area contributed by atoms with Gasteiger partial charge in [0, 0.05) is 42.8 Å². The topological polar surface area (TPSA) is 46.3 Å². The van der Waals surface area contributed by atoms with E-state index in [1.54, 1.807) is 11.3 Å². The van der Waals surface area contributed by atoms with Crippen molar-refractivity contribution in [3.63, 3.8) is 0 Å². The molecule has 1 aliphatic heterocycles. The minimum absolute atomic E-state index is 0.609. The predicted octanol–water partition coefficient (Wildman–Crippen LogP) is 2.88. The van der Waals surface area contributed by atoms with Gasteiger partial charge in [-0.1, -0.05) is 0 Å². The highest BCUT2D eigenvalue weighted by molar-refractivity contribution is 7.09. The standard InChI is InChI=1S/C15H17N5S/c1-11-10-13-16-5-2-14(20(13)18-11)19-7-3-12(4-8-19)15-17-6-9-21-15/h2,5-6,9-10,12H,3-4,7-8H2,1H3. The van der Waals surface area contributed by atoms with E-state index in [0.29, 0.717) is 5.92 Å². The molecule has 3 aromatic heterocycles. The van der Waals surface area contributed by atoms with Gasteiger partial charge in [-0.05, 0) is 25.8 Å². The predicted molar refractivity (Wildman–Crippen MR) is 84.0 cm³/mol. The molecule has 6 heteroatoms. The molecule has 1 aliphatic rings. The van der Waals surface area contributed by atoms with E-state index in [2.05, 4.69) is 31.4 Å². The molecule has 0 atom stereocenters. The van der Waals surface area contributed by atoms with Gasteiger partial charge in [0.1, 0.15) is 5.82 Å². The molecular formula is C15H17N5S. The van der Waals surface area contributed by atoms with Crippen LogP contribution in [0.2, 0.25) is 0 Å². The second-order valence-electron chi connectivity index (χ2n) is 5.49. The Balaban J connectivity index is 1.57. The highest BCUT2D eigenvalue weighted by Gasteiger charge is 2.23. The molecule has 0 radical (unpaired) electrons. The summed E-state index contributed by atoms with van der Waals surface area (Å²) >= 11 is 1.78. The van der Waals surface area contributed by atoms with Gasteiger partial charge in [0.15, 0.2) is 5.65 Å². The van der Waals surface area contributed by atoms with Gasteiger partial charge in [-0.3, -0.25) is 0 Å². The minimum Gasteiger partial charge on any atom is -0.356 e. The summed E-state index contributed by atoms with van der Waals surface area (Å²) in [6.45, 7) is 4.09. The normalized spacial score (nSPS) is 16.7. The number of aromatic nitrogens is 4. The lowest BCUT2D eigenvalue weighted by Gasteiger charge is -2.32. The average molecular weight is 299 g/mol. The number of anilines is 1. The number of nitrogens with zero attached hydrogens (tertiary/aromatic N) is 5. The third-order valence-corrected chi connectivity index (χ3v) is 5.02. The Morgan fingerprint density at radius 3 is 2.81 bits per heavy atom. The van der Waals surface area contributed by atoms with Crippen molar-refractivity contribution >= 4 is 22.8 Å². The lowest BCUT2D eigenvalue weighted by atomic mass is 9.97. The molecule has 108 valence electrons. The van der Waals surface area contributed by atoms with Crippen molar-refractivity contribution in [1.29, 1.82) is 0 Å². The molecule has 0 spiro atoms. The molecule has 3 aromatic rings. The molecule has 1 fully saturated rings. The Labute approximate surface area is 127 Å². The van der Waals surface area contributed by atoms with E-state index in [0.717, 1.165) is 43.1 Å². The number of hydrogen-bond acceptors (Lipinski definition) is 5. The van der Waals surface area contributed by atoms with E-state index in [9.17, 15) is 0 Å². The number of fused-ring (bicyclic) bond motifs is 1. The second kappa shape index (κ2) is 5.11. The number of piperidine rings is 1. The van der Waals surface area contributed by atoms with E-state index in [1.807, 2.05) is 29.9 Å². The highest BCUT2D eigenvalue weighted by atomic mass is 32.1. The number of thiazole rings is 1. The summed E-state index contributed by atoms with van der Waals surface area (Å²) in [5, 5.41) is 7.91. The molecule has 0 saturated carbocycles. The van der Waals surface area contributed by atoms with Gasteiger partial charge < -0.3 is 4.90 Å². The molecule has 0 aromatic carbocycles. The molecule has 0 amide bonds. The summed E-state index contributed by atoms with van der Waals surface area (Å²) in [4.78, 5) is 11.2. The van der Waals surface area contributed by atoms with E-state index in [-0.39, 0.29) is 0 Å². The summed E-state index contributed by atoms with van der Waals surface area (Å²) in [6.07, 6.45) is 6.08. The quantitative estimate of drug-likeness (QED) is 0.730. The lowest BCUT2D eigenvalue weighted by Crippen LogP contribution is -2.34. The van der Waals surface area contributed by atoms with E-state index in [1.165, 1.54) is 5.01 Å². The Hall–Kier alpha value is -1.95. The van der Waals surface area contributed by atoms with E-state index >= 15 is 0 Å². The summed E-state index contributed by atoms with van der Waals surface area (Å²) in [5.41, 5.74) is 1.93. The van der Waals surface area contributed by atoms with Crippen LogP contribution in [-0.2, 0) is 0 Å². The van der Waals surface area contributed by atoms with Crippen LogP contribution in [0, 0.1) is 6.92 Å². The fourth-order valence-electron chi connectivity index (χ4n) is 3.03. The summed E-state index contributed by atoms with van der Waals surface area (Å²) in [6, 6.07) is 4.08. The first kappa shape index (κ1) is 12.8. The zero-order valence-electron chi connectivity index (χ0n) is 11.9. The van der Waals surface area contributed by atoms with Gasteiger partial charge in [0.2, 0.25) is 0 Å². The zero-order valence-corrected chi connectivity index (χ0v) is 12.8. The first-order valence-corrected chi connectivity index (χ1v) is 8.15. The molecule has 21 heavy (non-hydrogen) atoms. The van der Waals surface area contributed by atoms with Crippen LogP contribution >= 0.6 is 11.3 Å². The van der Waals surface area contributed by atoms with Gasteiger partial charge in [-0.15, -0.1) is 11.3 Å². The molecule has 4 heterocycles. The fourth-order valence-corrected chi connectivity index (χ4v) is 3.84. The van der Waals surface area contributed by atoms with Crippen molar-refractivity contribution in [3.05, 3.63) is 40.6 Å². The van der Waals surface area contributed by atoms with Crippen LogP contribution < -0.4 is 4.90 Å². The van der Waals surface area contributed by atoms with Gasteiger partial charge in [-0.25, -0.2) is 9.97 Å². The zero-order chi connectivity index (χ0) is 14.2. The molecule has 0 aliphatic carbocycles. The van der Waals surface area contributed by atoms with Gasteiger partial charge in [0.25, 0.3) is 0 Å². The number of hydrogen-bond donors (Lipinski definition) is 0. The summed E-state index contributed by atoms with van der Waals surface area (Å²) < 4.78 is 1.96. The number of aryl methyl sites for hydroxylation is 1. The monoisotopic (exact) mass is 299 g/mol. The van der Waals surface area contributed by atoms with Crippen molar-refractivity contribution in [2.45, 2.75) is 25.7 Å². The SMILES string of the molecule is Cc1cc2nccc(N3CCC(c4nccs4)CC3)n2n1. The smallest absolute Gasteiger partial charge is 0.157 e. The van der Waals surface area contributed by atoms with Crippen LogP contribution in [0.5, 0.6) is 0 Å². The van der Waals surface area contributed by atoms with E-state index in [4.69, 9.17) is 0 Å². The van der Waals surface area contributed by atoms with Crippen LogP contribution in [0.1, 0.15) is 29.5 Å². The third-order valence-electron chi connectivity index (χ3n) is 4.08. The van der Waals surface area contributed by atoms with Crippen LogP contribution in [-0.4, -0.2) is 32.7 Å². The summed E-state index contributed by atoms with van der Waals surface area (Å²) in [7, 11) is 0. The molecule has 0 bridgehead atoms. The average Bonchev–Trinajstić information content (AvgIpc) is 3.15.